The molecule has 0 aliphatic carbocycles. The zero-order valence-electron chi connectivity index (χ0n) is 12.5. The van der Waals surface area contributed by atoms with Gasteiger partial charge < -0.3 is 14.4 Å². The number of carbonyl (C=O) groups is 1. The highest BCUT2D eigenvalue weighted by Gasteiger charge is 2.25. The Morgan fingerprint density at radius 3 is 2.57 bits per heavy atom. The molecule has 0 amide bonds. The normalized spacial score (nSPS) is 10.5. The van der Waals surface area contributed by atoms with Crippen LogP contribution in [0.2, 0.25) is 0 Å². The van der Waals surface area contributed by atoms with E-state index in [1.165, 1.54) is 19.2 Å². The maximum Gasteiger partial charge on any atom is 0.356 e. The molecule has 0 fully saturated rings. The van der Waals surface area contributed by atoms with Gasteiger partial charge in [0.1, 0.15) is 0 Å². The number of pyridine rings is 1. The molecule has 8 nitrogen and oxygen atoms in total. The van der Waals surface area contributed by atoms with Gasteiger partial charge in [0.05, 0.1) is 18.6 Å². The van der Waals surface area contributed by atoms with E-state index in [1.807, 2.05) is 13.8 Å². The van der Waals surface area contributed by atoms with Crippen LogP contribution in [0, 0.1) is 10.1 Å². The van der Waals surface area contributed by atoms with Crippen LogP contribution in [0.25, 0.3) is 0 Å². The van der Waals surface area contributed by atoms with Crippen LogP contribution >= 0.6 is 0 Å². The lowest BCUT2D eigenvalue weighted by Gasteiger charge is -2.27. The quantitative estimate of drug-likeness (QED) is 0.429. The smallest absolute Gasteiger partial charge is 0.356 e. The predicted octanol–water partition coefficient (Wildman–Crippen LogP) is 1.64. The average molecular weight is 297 g/mol. The number of nitro groups is 1. The number of hydrogen-bond acceptors (Lipinski definition) is 7. The van der Waals surface area contributed by atoms with Crippen molar-refractivity contribution in [2.45, 2.75) is 19.9 Å². The molecular formula is C13H19N3O5. The van der Waals surface area contributed by atoms with E-state index in [-0.39, 0.29) is 23.2 Å². The van der Waals surface area contributed by atoms with Crippen LogP contribution in [-0.2, 0) is 9.47 Å². The van der Waals surface area contributed by atoms with Gasteiger partial charge in [-0.2, -0.15) is 0 Å². The first-order valence-corrected chi connectivity index (χ1v) is 6.41. The van der Waals surface area contributed by atoms with Gasteiger partial charge in [0.15, 0.2) is 5.69 Å². The van der Waals surface area contributed by atoms with Crippen LogP contribution in [-0.4, -0.2) is 49.3 Å². The second kappa shape index (κ2) is 7.53. The third kappa shape index (κ3) is 4.12. The summed E-state index contributed by atoms with van der Waals surface area (Å²) in [7, 11) is 2.78. The summed E-state index contributed by atoms with van der Waals surface area (Å²) in [6, 6.07) is 2.50. The molecule has 116 valence electrons. The molecule has 0 bridgehead atoms. The molecule has 1 rings (SSSR count). The van der Waals surface area contributed by atoms with E-state index in [0.717, 1.165) is 0 Å². The molecule has 0 atom stereocenters. The van der Waals surface area contributed by atoms with Crippen LogP contribution in [0.5, 0.6) is 0 Å². The summed E-state index contributed by atoms with van der Waals surface area (Å²) in [6.45, 7) is 4.57. The van der Waals surface area contributed by atoms with Gasteiger partial charge in [-0.25, -0.2) is 9.78 Å². The molecule has 1 aromatic rings. The summed E-state index contributed by atoms with van der Waals surface area (Å²) in [5.41, 5.74) is -0.131. The van der Waals surface area contributed by atoms with Gasteiger partial charge in [-0.15, -0.1) is 0 Å². The van der Waals surface area contributed by atoms with E-state index in [1.54, 1.807) is 12.0 Å². The first kappa shape index (κ1) is 16.8. The molecule has 0 unspecified atom stereocenters. The third-order valence-electron chi connectivity index (χ3n) is 2.88. The highest BCUT2D eigenvalue weighted by molar-refractivity contribution is 5.88. The van der Waals surface area contributed by atoms with E-state index in [4.69, 9.17) is 4.74 Å². The number of carbonyl (C=O) groups excluding carboxylic acids is 1. The molecule has 0 aliphatic rings. The Kier molecular flexibility index (Phi) is 6.04. The molecule has 0 spiro atoms. The molecule has 0 N–H and O–H groups in total. The maximum atomic E-state index is 11.6. The van der Waals surface area contributed by atoms with Gasteiger partial charge in [0.2, 0.25) is 5.82 Å². The summed E-state index contributed by atoms with van der Waals surface area (Å²) in [5, 5.41) is 11.2. The standard InChI is InChI=1S/C13H19N3O5/c1-9(2)15(7-8-20-3)12-11(16(18)19)6-5-10(14-12)13(17)21-4/h5-6,9H,7-8H2,1-4H3. The molecule has 0 saturated carbocycles. The van der Waals surface area contributed by atoms with Crippen molar-refractivity contribution in [2.24, 2.45) is 0 Å². The maximum absolute atomic E-state index is 11.6. The SMILES string of the molecule is COCCN(c1nc(C(=O)OC)ccc1[N+](=O)[O-])C(C)C. The van der Waals surface area contributed by atoms with Gasteiger partial charge >= 0.3 is 11.7 Å². The average Bonchev–Trinajstić information content (AvgIpc) is 2.46. The van der Waals surface area contributed by atoms with E-state index in [2.05, 4.69) is 9.72 Å². The number of nitrogens with zero attached hydrogens (tertiary/aromatic N) is 3. The molecular weight excluding hydrogens is 278 g/mol. The first-order valence-electron chi connectivity index (χ1n) is 6.41. The van der Waals surface area contributed by atoms with Crippen molar-refractivity contribution in [1.29, 1.82) is 0 Å². The Bertz CT molecular complexity index is 519. The molecule has 0 aromatic carbocycles. The van der Waals surface area contributed by atoms with Gasteiger partial charge in [0.25, 0.3) is 0 Å². The summed E-state index contributed by atoms with van der Waals surface area (Å²) >= 11 is 0. The van der Waals surface area contributed by atoms with Gasteiger partial charge in [-0.3, -0.25) is 10.1 Å². The number of methoxy groups -OCH3 is 2. The molecule has 1 aromatic heterocycles. The fourth-order valence-corrected chi connectivity index (χ4v) is 1.81. The Balaban J connectivity index is 3.31. The molecule has 0 radical (unpaired) electrons. The topological polar surface area (TPSA) is 94.8 Å². The number of rotatable bonds is 7. The summed E-state index contributed by atoms with van der Waals surface area (Å²) in [6.07, 6.45) is 0. The summed E-state index contributed by atoms with van der Waals surface area (Å²) in [4.78, 5) is 28.0. The predicted molar refractivity (Wildman–Crippen MR) is 76.6 cm³/mol. The number of aromatic nitrogens is 1. The molecule has 0 saturated heterocycles. The van der Waals surface area contributed by atoms with Crippen LogP contribution in [0.3, 0.4) is 0 Å². The second-order valence-electron chi connectivity index (χ2n) is 4.57. The molecule has 21 heavy (non-hydrogen) atoms. The van der Waals surface area contributed by atoms with Gasteiger partial charge in [-0.1, -0.05) is 0 Å². The number of esters is 1. The fourth-order valence-electron chi connectivity index (χ4n) is 1.81. The Morgan fingerprint density at radius 2 is 2.10 bits per heavy atom. The lowest BCUT2D eigenvalue weighted by atomic mass is 10.2. The minimum absolute atomic E-state index is 0.0289. The van der Waals surface area contributed by atoms with Gasteiger partial charge in [-0.05, 0) is 19.9 Å². The number of ether oxygens (including phenoxy) is 2. The van der Waals surface area contributed by atoms with Crippen molar-refractivity contribution >= 4 is 17.5 Å². The van der Waals surface area contributed by atoms with Crippen LogP contribution in [0.4, 0.5) is 11.5 Å². The Hall–Kier alpha value is -2.22. The Labute approximate surface area is 122 Å². The van der Waals surface area contributed by atoms with E-state index < -0.39 is 10.9 Å². The fraction of sp³-hybridized carbons (Fsp3) is 0.538. The van der Waals surface area contributed by atoms with Crippen molar-refractivity contribution in [3.63, 3.8) is 0 Å². The zero-order valence-corrected chi connectivity index (χ0v) is 12.5. The zero-order chi connectivity index (χ0) is 16.0. The highest BCUT2D eigenvalue weighted by atomic mass is 16.6. The van der Waals surface area contributed by atoms with Crippen LogP contribution in [0.15, 0.2) is 12.1 Å². The van der Waals surface area contributed by atoms with E-state index >= 15 is 0 Å². The van der Waals surface area contributed by atoms with Crippen LogP contribution in [0.1, 0.15) is 24.3 Å². The number of hydrogen-bond donors (Lipinski definition) is 0. The lowest BCUT2D eigenvalue weighted by molar-refractivity contribution is -0.384. The number of anilines is 1. The van der Waals surface area contributed by atoms with Crippen molar-refractivity contribution in [3.8, 4) is 0 Å². The van der Waals surface area contributed by atoms with Crippen molar-refractivity contribution in [2.75, 3.05) is 32.3 Å². The third-order valence-corrected chi connectivity index (χ3v) is 2.88. The molecule has 1 heterocycles. The van der Waals surface area contributed by atoms with E-state index in [9.17, 15) is 14.9 Å². The van der Waals surface area contributed by atoms with Crippen molar-refractivity contribution in [3.05, 3.63) is 27.9 Å². The molecule has 0 aliphatic heterocycles. The highest BCUT2D eigenvalue weighted by Crippen LogP contribution is 2.27. The Morgan fingerprint density at radius 1 is 1.43 bits per heavy atom. The lowest BCUT2D eigenvalue weighted by Crippen LogP contribution is -2.35. The van der Waals surface area contributed by atoms with Gasteiger partial charge in [0, 0.05) is 25.8 Å². The first-order chi connectivity index (χ1) is 9.92. The largest absolute Gasteiger partial charge is 0.464 e. The monoisotopic (exact) mass is 297 g/mol. The molecule has 8 heteroatoms. The van der Waals surface area contributed by atoms with E-state index in [0.29, 0.717) is 13.2 Å². The second-order valence-corrected chi connectivity index (χ2v) is 4.57. The summed E-state index contributed by atoms with van der Waals surface area (Å²) in [5.74, 6) is -0.503. The summed E-state index contributed by atoms with van der Waals surface area (Å²) < 4.78 is 9.61. The van der Waals surface area contributed by atoms with Crippen molar-refractivity contribution < 1.29 is 19.2 Å². The van der Waals surface area contributed by atoms with Crippen molar-refractivity contribution in [1.82, 2.24) is 4.98 Å². The van der Waals surface area contributed by atoms with Crippen LogP contribution < -0.4 is 4.90 Å². The minimum Gasteiger partial charge on any atom is -0.464 e. The minimum atomic E-state index is -0.637.